The van der Waals surface area contributed by atoms with Crippen molar-refractivity contribution >= 4 is 11.6 Å². The zero-order valence-corrected chi connectivity index (χ0v) is 19.7. The molecule has 1 aromatic heterocycles. The van der Waals surface area contributed by atoms with Crippen molar-refractivity contribution in [3.05, 3.63) is 63.3 Å². The number of hydrogen-bond acceptors (Lipinski definition) is 4. The summed E-state index contributed by atoms with van der Waals surface area (Å²) in [5, 5.41) is 6.20. The van der Waals surface area contributed by atoms with E-state index in [-0.39, 0.29) is 22.7 Å². The lowest BCUT2D eigenvalue weighted by Crippen LogP contribution is -2.62. The SMILES string of the molecule is C[C@@H](NC(=O)c1cn(C23CC(C2)C3)c(=O)cc1N[C@@H]1[C@@H]2CN(C)C[C@@H]21)c1cccc(C(F)F)c1F. The van der Waals surface area contributed by atoms with E-state index in [1.54, 1.807) is 17.7 Å². The Morgan fingerprint density at radius 2 is 1.80 bits per heavy atom. The molecule has 2 N–H and O–H groups in total. The summed E-state index contributed by atoms with van der Waals surface area (Å²) in [6.07, 6.45) is 1.53. The van der Waals surface area contributed by atoms with Gasteiger partial charge in [-0.1, -0.05) is 18.2 Å². The van der Waals surface area contributed by atoms with Crippen molar-refractivity contribution in [1.82, 2.24) is 14.8 Å². The number of nitrogens with one attached hydrogen (secondary N) is 2. The molecular formula is C26H29F3N4O2. The summed E-state index contributed by atoms with van der Waals surface area (Å²) < 4.78 is 42.7. The molecule has 0 radical (unpaired) electrons. The van der Waals surface area contributed by atoms with Crippen molar-refractivity contribution in [2.75, 3.05) is 25.5 Å². The van der Waals surface area contributed by atoms with Crippen LogP contribution < -0.4 is 16.2 Å². The molecule has 1 amide bonds. The van der Waals surface area contributed by atoms with Crippen LogP contribution in [0.3, 0.4) is 0 Å². The van der Waals surface area contributed by atoms with Gasteiger partial charge in [0.2, 0.25) is 0 Å². The smallest absolute Gasteiger partial charge is 0.266 e. The van der Waals surface area contributed by atoms with Crippen LogP contribution in [0.15, 0.2) is 35.3 Å². The molecule has 5 aliphatic rings. The van der Waals surface area contributed by atoms with E-state index in [1.807, 2.05) is 0 Å². The van der Waals surface area contributed by atoms with E-state index in [1.165, 1.54) is 18.2 Å². The molecule has 0 unspecified atom stereocenters. The second-order valence-corrected chi connectivity index (χ2v) is 11.0. The number of alkyl halides is 2. The molecule has 2 aromatic rings. The second-order valence-electron chi connectivity index (χ2n) is 11.0. The minimum Gasteiger partial charge on any atom is -0.381 e. The van der Waals surface area contributed by atoms with Crippen LogP contribution in [-0.2, 0) is 5.54 Å². The zero-order valence-electron chi connectivity index (χ0n) is 19.7. The van der Waals surface area contributed by atoms with Gasteiger partial charge in [0.25, 0.3) is 17.9 Å². The maximum absolute atomic E-state index is 14.7. The highest BCUT2D eigenvalue weighted by Gasteiger charge is 2.58. The van der Waals surface area contributed by atoms with Gasteiger partial charge in [-0.25, -0.2) is 13.2 Å². The second kappa shape index (κ2) is 7.85. The van der Waals surface area contributed by atoms with Crippen molar-refractivity contribution in [3.8, 4) is 0 Å². The van der Waals surface area contributed by atoms with E-state index in [4.69, 9.17) is 0 Å². The van der Waals surface area contributed by atoms with Gasteiger partial charge in [-0.2, -0.15) is 0 Å². The molecule has 1 aromatic carbocycles. The normalized spacial score (nSPS) is 31.4. The number of halogens is 3. The van der Waals surface area contributed by atoms with Crippen molar-refractivity contribution in [2.24, 2.45) is 17.8 Å². The molecule has 35 heavy (non-hydrogen) atoms. The molecule has 9 heteroatoms. The lowest BCUT2D eigenvalue weighted by atomic mass is 9.49. The maximum Gasteiger partial charge on any atom is 0.266 e. The number of piperidine rings is 1. The first-order valence-electron chi connectivity index (χ1n) is 12.3. The summed E-state index contributed by atoms with van der Waals surface area (Å²) in [6.45, 7) is 3.52. The topological polar surface area (TPSA) is 66.4 Å². The van der Waals surface area contributed by atoms with Crippen molar-refractivity contribution in [3.63, 3.8) is 0 Å². The fraction of sp³-hybridized carbons (Fsp3) is 0.538. The number of pyridine rings is 1. The Hall–Kier alpha value is -2.81. The first kappa shape index (κ1) is 22.6. The Morgan fingerprint density at radius 3 is 2.40 bits per heavy atom. The van der Waals surface area contributed by atoms with Crippen LogP contribution in [-0.4, -0.2) is 41.6 Å². The molecule has 7 rings (SSSR count). The fourth-order valence-electron chi connectivity index (χ4n) is 6.49. The van der Waals surface area contributed by atoms with E-state index in [0.29, 0.717) is 29.0 Å². The van der Waals surface area contributed by atoms with Gasteiger partial charge in [-0.05, 0) is 51.0 Å². The molecular weight excluding hydrogens is 457 g/mol. The molecule has 2 bridgehead atoms. The Balaban J connectivity index is 1.29. The number of rotatable bonds is 7. The highest BCUT2D eigenvalue weighted by atomic mass is 19.3. The van der Waals surface area contributed by atoms with Gasteiger partial charge in [-0.3, -0.25) is 9.59 Å². The summed E-state index contributed by atoms with van der Waals surface area (Å²) in [7, 11) is 2.08. The number of hydrogen-bond donors (Lipinski definition) is 2. The van der Waals surface area contributed by atoms with Crippen LogP contribution in [0.1, 0.15) is 60.1 Å². The molecule has 4 aliphatic carbocycles. The molecule has 4 saturated carbocycles. The van der Waals surface area contributed by atoms with Crippen LogP contribution >= 0.6 is 0 Å². The van der Waals surface area contributed by atoms with Gasteiger partial charge in [0, 0.05) is 42.5 Å². The van der Waals surface area contributed by atoms with E-state index in [2.05, 4.69) is 22.6 Å². The standard InChI is InChI=1S/C26H29F3N4O2/c1-13(15-4-3-5-16(22(15)27)24(28)29)30-25(35)19-12-33(26-7-14(8-26)9-26)21(34)6-20(19)31-23-17-10-32(2)11-18(17)23/h3-6,12-14,17-18,23-24,31H,7-11H2,1-2H3,(H,30,35)/t13-,14?,17-,18+,23-,26?/m1/s1. The number of aromatic nitrogens is 1. The van der Waals surface area contributed by atoms with Crippen LogP contribution in [0.4, 0.5) is 18.9 Å². The largest absolute Gasteiger partial charge is 0.381 e. The van der Waals surface area contributed by atoms with Gasteiger partial charge in [0.05, 0.1) is 22.9 Å². The Labute approximate surface area is 201 Å². The molecule has 6 nitrogen and oxygen atoms in total. The van der Waals surface area contributed by atoms with Crippen LogP contribution in [0.25, 0.3) is 0 Å². The van der Waals surface area contributed by atoms with Crippen molar-refractivity contribution < 1.29 is 18.0 Å². The Morgan fingerprint density at radius 1 is 1.14 bits per heavy atom. The molecule has 5 fully saturated rings. The van der Waals surface area contributed by atoms with Crippen LogP contribution in [0.5, 0.6) is 0 Å². The number of anilines is 1. The number of amides is 1. The average molecular weight is 487 g/mol. The summed E-state index contributed by atoms with van der Waals surface area (Å²) in [5.74, 6) is 0.152. The van der Waals surface area contributed by atoms with Gasteiger partial charge in [0.15, 0.2) is 0 Å². The molecule has 0 spiro atoms. The lowest BCUT2D eigenvalue weighted by molar-refractivity contribution is -0.0914. The van der Waals surface area contributed by atoms with E-state index < -0.39 is 29.8 Å². The molecule has 2 heterocycles. The van der Waals surface area contributed by atoms with Crippen LogP contribution in [0, 0.1) is 23.6 Å². The number of likely N-dealkylation sites (tertiary alicyclic amines) is 1. The minimum atomic E-state index is -2.94. The molecule has 1 saturated heterocycles. The third kappa shape index (κ3) is 3.58. The number of carbonyl (C=O) groups excluding carboxylic acids is 1. The minimum absolute atomic E-state index is 0.00170. The average Bonchev–Trinajstić information content (AvgIpc) is 3.17. The summed E-state index contributed by atoms with van der Waals surface area (Å²) in [5.41, 5.74) is -0.214. The predicted octanol–water partition coefficient (Wildman–Crippen LogP) is 3.90. The third-order valence-corrected chi connectivity index (χ3v) is 8.62. The number of fused-ring (bicyclic) bond motifs is 1. The maximum atomic E-state index is 14.7. The van der Waals surface area contributed by atoms with E-state index in [0.717, 1.165) is 38.4 Å². The molecule has 1 aliphatic heterocycles. The highest BCUT2D eigenvalue weighted by molar-refractivity contribution is 5.99. The van der Waals surface area contributed by atoms with E-state index >= 15 is 0 Å². The molecule has 186 valence electrons. The highest BCUT2D eigenvalue weighted by Crippen LogP contribution is 2.61. The van der Waals surface area contributed by atoms with Crippen molar-refractivity contribution in [2.45, 2.75) is 50.2 Å². The number of carbonyl (C=O) groups is 1. The van der Waals surface area contributed by atoms with Gasteiger partial charge in [-0.15, -0.1) is 0 Å². The third-order valence-electron chi connectivity index (χ3n) is 8.62. The Bertz CT molecular complexity index is 1230. The fourth-order valence-corrected chi connectivity index (χ4v) is 6.49. The number of benzene rings is 1. The predicted molar refractivity (Wildman–Crippen MR) is 125 cm³/mol. The van der Waals surface area contributed by atoms with E-state index in [9.17, 15) is 22.8 Å². The Kier molecular flexibility index (Phi) is 5.08. The zero-order chi connectivity index (χ0) is 24.6. The van der Waals surface area contributed by atoms with Crippen LogP contribution in [0.2, 0.25) is 0 Å². The quantitative estimate of drug-likeness (QED) is 0.623. The lowest BCUT2D eigenvalue weighted by Gasteiger charge is -2.62. The first-order chi connectivity index (χ1) is 16.7. The summed E-state index contributed by atoms with van der Waals surface area (Å²) in [6, 6.07) is 4.69. The van der Waals surface area contributed by atoms with Gasteiger partial charge in [0.1, 0.15) is 5.82 Å². The van der Waals surface area contributed by atoms with Crippen molar-refractivity contribution in [1.29, 1.82) is 0 Å². The molecule has 4 atom stereocenters. The summed E-state index contributed by atoms with van der Waals surface area (Å²) >= 11 is 0. The van der Waals surface area contributed by atoms with Gasteiger partial charge >= 0.3 is 0 Å². The monoisotopic (exact) mass is 486 g/mol. The first-order valence-corrected chi connectivity index (χ1v) is 12.3. The number of nitrogens with zero attached hydrogens (tertiary/aromatic N) is 2. The summed E-state index contributed by atoms with van der Waals surface area (Å²) in [4.78, 5) is 28.7. The van der Waals surface area contributed by atoms with Gasteiger partial charge < -0.3 is 20.1 Å².